The van der Waals surface area contributed by atoms with Gasteiger partial charge in [-0.1, -0.05) is 0 Å². The summed E-state index contributed by atoms with van der Waals surface area (Å²) in [6, 6.07) is 4.44. The third-order valence-corrected chi connectivity index (χ3v) is 3.67. The van der Waals surface area contributed by atoms with Crippen LogP contribution in [0.1, 0.15) is 0 Å². The number of hydrogen-bond acceptors (Lipinski definition) is 5. The normalized spacial score (nSPS) is 12.9. The minimum atomic E-state index is -5.74. The fourth-order valence-electron chi connectivity index (χ4n) is 1.81. The van der Waals surface area contributed by atoms with Crippen molar-refractivity contribution in [2.75, 3.05) is 0 Å². The Balaban J connectivity index is 2.11. The zero-order chi connectivity index (χ0) is 15.3. The zero-order valence-electron chi connectivity index (χ0n) is 10.0. The molecular weight excluding hydrogens is 311 g/mol. The number of alkyl halides is 3. The van der Waals surface area contributed by atoms with Crippen LogP contribution in [0.15, 0.2) is 30.6 Å². The number of H-pyrrole nitrogens is 1. The Morgan fingerprint density at radius 1 is 1.19 bits per heavy atom. The van der Waals surface area contributed by atoms with Gasteiger partial charge in [0.05, 0.1) is 11.7 Å². The second-order valence-corrected chi connectivity index (χ2v) is 5.61. The van der Waals surface area contributed by atoms with E-state index in [1.54, 1.807) is 12.1 Å². The Kier molecular flexibility index (Phi) is 2.80. The smallest absolute Gasteiger partial charge is 0.355 e. The molecule has 6 nitrogen and oxygen atoms in total. The summed E-state index contributed by atoms with van der Waals surface area (Å²) < 4.78 is 62.7. The van der Waals surface area contributed by atoms with Crippen LogP contribution in [-0.4, -0.2) is 28.9 Å². The van der Waals surface area contributed by atoms with Crippen LogP contribution in [0.3, 0.4) is 0 Å². The Hall–Kier alpha value is -2.36. The third kappa shape index (κ3) is 2.27. The highest BCUT2D eigenvalue weighted by molar-refractivity contribution is 7.87. The van der Waals surface area contributed by atoms with Crippen molar-refractivity contribution in [3.8, 4) is 5.88 Å². The summed E-state index contributed by atoms with van der Waals surface area (Å²) in [7, 11) is -5.74. The third-order valence-electron chi connectivity index (χ3n) is 2.71. The maximum absolute atomic E-state index is 12.3. The lowest BCUT2D eigenvalue weighted by molar-refractivity contribution is -0.0501. The van der Waals surface area contributed by atoms with Gasteiger partial charge in [0, 0.05) is 23.0 Å². The molecule has 0 aliphatic heterocycles. The van der Waals surface area contributed by atoms with Crippen LogP contribution in [0, 0.1) is 0 Å². The van der Waals surface area contributed by atoms with Crippen LogP contribution in [0.2, 0.25) is 0 Å². The van der Waals surface area contributed by atoms with Gasteiger partial charge in [-0.05, 0) is 12.1 Å². The van der Waals surface area contributed by atoms with E-state index in [1.807, 2.05) is 0 Å². The van der Waals surface area contributed by atoms with Crippen LogP contribution in [0.25, 0.3) is 21.9 Å². The molecule has 0 unspecified atom stereocenters. The summed E-state index contributed by atoms with van der Waals surface area (Å²) in [5.74, 6) is -0.662. The number of aromatic nitrogens is 3. The predicted octanol–water partition coefficient (Wildman–Crippen LogP) is 2.34. The lowest BCUT2D eigenvalue weighted by Gasteiger charge is -2.08. The number of pyridine rings is 2. The minimum absolute atomic E-state index is 0.459. The molecule has 0 radical (unpaired) electrons. The molecule has 0 amide bonds. The van der Waals surface area contributed by atoms with E-state index in [2.05, 4.69) is 19.1 Å². The molecule has 0 saturated carbocycles. The fraction of sp³-hybridized carbons (Fsp3) is 0.0909. The average molecular weight is 317 g/mol. The molecule has 21 heavy (non-hydrogen) atoms. The van der Waals surface area contributed by atoms with E-state index in [0.29, 0.717) is 21.9 Å². The van der Waals surface area contributed by atoms with E-state index in [9.17, 15) is 21.6 Å². The van der Waals surface area contributed by atoms with Gasteiger partial charge in [0.2, 0.25) is 5.88 Å². The van der Waals surface area contributed by atoms with Crippen molar-refractivity contribution in [2.45, 2.75) is 5.51 Å². The van der Waals surface area contributed by atoms with Gasteiger partial charge in [-0.2, -0.15) is 21.6 Å². The van der Waals surface area contributed by atoms with E-state index in [0.717, 1.165) is 6.07 Å². The van der Waals surface area contributed by atoms with Crippen LogP contribution in [-0.2, 0) is 10.1 Å². The van der Waals surface area contributed by atoms with Gasteiger partial charge in [0.25, 0.3) is 0 Å². The van der Waals surface area contributed by atoms with Crippen molar-refractivity contribution in [2.24, 2.45) is 0 Å². The summed E-state index contributed by atoms with van der Waals surface area (Å²) in [5.41, 5.74) is -4.50. The van der Waals surface area contributed by atoms with Crippen LogP contribution in [0.4, 0.5) is 13.2 Å². The summed E-state index contributed by atoms with van der Waals surface area (Å²) in [4.78, 5) is 10.5. The van der Waals surface area contributed by atoms with Gasteiger partial charge in [-0.3, -0.25) is 0 Å². The first-order chi connectivity index (χ1) is 9.78. The van der Waals surface area contributed by atoms with Crippen LogP contribution in [0.5, 0.6) is 5.88 Å². The van der Waals surface area contributed by atoms with E-state index < -0.39 is 21.5 Å². The molecule has 3 aromatic rings. The second kappa shape index (κ2) is 4.32. The summed E-state index contributed by atoms with van der Waals surface area (Å²) in [5, 5.41) is 1.07. The molecule has 3 heterocycles. The number of aromatic amines is 1. The number of hydrogen-bond donors (Lipinski definition) is 1. The molecule has 10 heteroatoms. The van der Waals surface area contributed by atoms with Gasteiger partial charge < -0.3 is 9.17 Å². The zero-order valence-corrected chi connectivity index (χ0v) is 10.9. The van der Waals surface area contributed by atoms with Gasteiger partial charge in [0.1, 0.15) is 5.65 Å². The standard InChI is InChI=1S/C11H6F3N3O3S/c12-11(13,14)21(18,19)20-9-4-7-6-2-1-3-15-10(6)17-8(7)5-16-9/h1-5H,(H,15,17). The van der Waals surface area contributed by atoms with E-state index in [1.165, 1.54) is 12.4 Å². The monoisotopic (exact) mass is 317 g/mol. The van der Waals surface area contributed by atoms with Crippen LogP contribution >= 0.6 is 0 Å². The Bertz CT molecular complexity index is 934. The number of fused-ring (bicyclic) bond motifs is 3. The van der Waals surface area contributed by atoms with Crippen molar-refractivity contribution < 1.29 is 25.8 Å². The number of nitrogens with zero attached hydrogens (tertiary/aromatic N) is 2. The largest absolute Gasteiger partial charge is 0.534 e. The van der Waals surface area contributed by atoms with Crippen molar-refractivity contribution >= 4 is 32.1 Å². The molecular formula is C11H6F3N3O3S. The lowest BCUT2D eigenvalue weighted by Crippen LogP contribution is -2.28. The molecule has 0 spiro atoms. The molecule has 0 saturated heterocycles. The maximum atomic E-state index is 12.3. The van der Waals surface area contributed by atoms with Crippen molar-refractivity contribution in [1.29, 1.82) is 0 Å². The first-order valence-corrected chi connectivity index (χ1v) is 6.92. The molecule has 0 aliphatic rings. The minimum Gasteiger partial charge on any atom is -0.355 e. The van der Waals surface area contributed by atoms with Gasteiger partial charge in [0.15, 0.2) is 0 Å². The highest BCUT2D eigenvalue weighted by Crippen LogP contribution is 2.29. The molecule has 0 bridgehead atoms. The van der Waals surface area contributed by atoms with Crippen molar-refractivity contribution in [3.05, 3.63) is 30.6 Å². The Morgan fingerprint density at radius 2 is 1.95 bits per heavy atom. The highest BCUT2D eigenvalue weighted by Gasteiger charge is 2.48. The fourth-order valence-corrected chi connectivity index (χ4v) is 2.22. The summed E-state index contributed by atoms with van der Waals surface area (Å²) in [6.07, 6.45) is 2.72. The van der Waals surface area contributed by atoms with Crippen molar-refractivity contribution in [3.63, 3.8) is 0 Å². The molecule has 110 valence electrons. The van der Waals surface area contributed by atoms with E-state index >= 15 is 0 Å². The Morgan fingerprint density at radius 3 is 2.67 bits per heavy atom. The average Bonchev–Trinajstić information content (AvgIpc) is 2.75. The van der Waals surface area contributed by atoms with Crippen molar-refractivity contribution in [1.82, 2.24) is 15.0 Å². The molecule has 0 aliphatic carbocycles. The predicted molar refractivity (Wildman–Crippen MR) is 67.0 cm³/mol. The summed E-state index contributed by atoms with van der Waals surface area (Å²) >= 11 is 0. The van der Waals surface area contributed by atoms with E-state index in [4.69, 9.17) is 0 Å². The first kappa shape index (κ1) is 13.6. The van der Waals surface area contributed by atoms with Gasteiger partial charge >= 0.3 is 15.6 Å². The van der Waals surface area contributed by atoms with Gasteiger partial charge in [-0.25, -0.2) is 9.97 Å². The Labute approximate surface area is 115 Å². The second-order valence-electron chi connectivity index (χ2n) is 4.08. The van der Waals surface area contributed by atoms with Gasteiger partial charge in [-0.15, -0.1) is 0 Å². The first-order valence-electron chi connectivity index (χ1n) is 5.51. The molecule has 0 atom stereocenters. The summed E-state index contributed by atoms with van der Waals surface area (Å²) in [6.45, 7) is 0. The number of nitrogens with one attached hydrogen (secondary N) is 1. The van der Waals surface area contributed by atoms with E-state index in [-0.39, 0.29) is 0 Å². The SMILES string of the molecule is O=S(=O)(Oc1cc2c(cn1)[nH]c1ncccc12)C(F)(F)F. The molecule has 3 rings (SSSR count). The lowest BCUT2D eigenvalue weighted by atomic mass is 10.2. The number of halogens is 3. The molecule has 1 N–H and O–H groups in total. The quantitative estimate of drug-likeness (QED) is 0.579. The molecule has 0 aromatic carbocycles. The van der Waals surface area contributed by atoms with Crippen LogP contribution < -0.4 is 4.18 Å². The topological polar surface area (TPSA) is 84.9 Å². The molecule has 3 aromatic heterocycles. The molecule has 0 fully saturated rings. The maximum Gasteiger partial charge on any atom is 0.534 e. The number of rotatable bonds is 2. The highest BCUT2D eigenvalue weighted by atomic mass is 32.2.